The van der Waals surface area contributed by atoms with Crippen LogP contribution in [-0.4, -0.2) is 9.91 Å². The van der Waals surface area contributed by atoms with E-state index in [0.717, 1.165) is 11.3 Å². The summed E-state index contributed by atoms with van der Waals surface area (Å²) in [4.78, 5) is 14.2. The number of nitrogens with zero attached hydrogens (tertiary/aromatic N) is 2. The summed E-state index contributed by atoms with van der Waals surface area (Å²) in [6.45, 7) is 4.07. The minimum Gasteiger partial charge on any atom is -0.378 e. The van der Waals surface area contributed by atoms with Gasteiger partial charge >= 0.3 is 5.69 Å². The van der Waals surface area contributed by atoms with Crippen LogP contribution in [0.3, 0.4) is 0 Å². The molecule has 0 amide bonds. The Bertz CT molecular complexity index is 618. The van der Waals surface area contributed by atoms with Gasteiger partial charge < -0.3 is 5.73 Å². The quantitative estimate of drug-likeness (QED) is 0.677. The number of aromatic nitrogens is 1. The number of nitrogens with two attached hydrogens (primary N) is 1. The predicted molar refractivity (Wildman–Crippen MR) is 74.0 cm³/mol. The van der Waals surface area contributed by atoms with Crippen LogP contribution in [0.4, 0.5) is 11.5 Å². The maximum absolute atomic E-state index is 10.7. The van der Waals surface area contributed by atoms with Crippen LogP contribution in [0.15, 0.2) is 30.3 Å². The molecule has 1 aromatic heterocycles. The molecule has 2 aromatic rings. The van der Waals surface area contributed by atoms with Gasteiger partial charge in [0.05, 0.1) is 4.92 Å². The number of nitrogen functional groups attached to an aromatic ring is 1. The lowest BCUT2D eigenvalue weighted by Crippen LogP contribution is -2.02. The minimum atomic E-state index is -0.525. The third-order valence-electron chi connectivity index (χ3n) is 2.82. The maximum Gasteiger partial charge on any atom is 0.311 e. The van der Waals surface area contributed by atoms with Crippen molar-refractivity contribution in [1.29, 1.82) is 0 Å². The molecule has 0 fully saturated rings. The van der Waals surface area contributed by atoms with E-state index in [9.17, 15) is 10.1 Å². The van der Waals surface area contributed by atoms with Crippen LogP contribution < -0.4 is 5.73 Å². The van der Waals surface area contributed by atoms with Crippen molar-refractivity contribution in [3.63, 3.8) is 0 Å². The van der Waals surface area contributed by atoms with Gasteiger partial charge in [0.25, 0.3) is 0 Å². The van der Waals surface area contributed by atoms with Gasteiger partial charge in [0, 0.05) is 18.2 Å². The number of aryl methyl sites for hydroxylation is 2. The monoisotopic (exact) mass is 257 g/mol. The Labute approximate surface area is 111 Å². The maximum atomic E-state index is 10.7. The fourth-order valence-corrected chi connectivity index (χ4v) is 2.14. The molecular formula is C14H15N3O2. The molecule has 0 bridgehead atoms. The SMILES string of the molecule is Cc1cc(C)cc(Cc2ccc([N+](=O)[O-])c(N)n2)c1. The van der Waals surface area contributed by atoms with E-state index in [1.54, 1.807) is 6.07 Å². The lowest BCUT2D eigenvalue weighted by Gasteiger charge is -2.05. The van der Waals surface area contributed by atoms with Crippen molar-refractivity contribution in [2.24, 2.45) is 0 Å². The van der Waals surface area contributed by atoms with Crippen molar-refractivity contribution in [2.75, 3.05) is 5.73 Å². The first-order valence-corrected chi connectivity index (χ1v) is 5.92. The van der Waals surface area contributed by atoms with Gasteiger partial charge in [-0.2, -0.15) is 0 Å². The number of rotatable bonds is 3. The van der Waals surface area contributed by atoms with E-state index in [2.05, 4.69) is 23.2 Å². The summed E-state index contributed by atoms with van der Waals surface area (Å²) in [6, 6.07) is 9.30. The smallest absolute Gasteiger partial charge is 0.311 e. The molecule has 0 aliphatic carbocycles. The second-order valence-electron chi connectivity index (χ2n) is 4.64. The van der Waals surface area contributed by atoms with Crippen LogP contribution in [-0.2, 0) is 6.42 Å². The first-order valence-electron chi connectivity index (χ1n) is 5.92. The summed E-state index contributed by atoms with van der Waals surface area (Å²) in [5, 5.41) is 10.7. The molecule has 19 heavy (non-hydrogen) atoms. The van der Waals surface area contributed by atoms with Gasteiger partial charge in [-0.1, -0.05) is 29.3 Å². The zero-order valence-corrected chi connectivity index (χ0v) is 10.9. The van der Waals surface area contributed by atoms with E-state index in [-0.39, 0.29) is 11.5 Å². The average Bonchev–Trinajstić information content (AvgIpc) is 2.26. The lowest BCUT2D eigenvalue weighted by molar-refractivity contribution is -0.384. The Morgan fingerprint density at radius 2 is 1.84 bits per heavy atom. The second-order valence-corrected chi connectivity index (χ2v) is 4.64. The Kier molecular flexibility index (Phi) is 3.46. The first-order chi connectivity index (χ1) is 8.95. The van der Waals surface area contributed by atoms with Crippen molar-refractivity contribution in [1.82, 2.24) is 4.98 Å². The topological polar surface area (TPSA) is 82.0 Å². The Balaban J connectivity index is 2.28. The van der Waals surface area contributed by atoms with Crippen LogP contribution in [0.2, 0.25) is 0 Å². The summed E-state index contributed by atoms with van der Waals surface area (Å²) in [5.74, 6) is -0.0353. The third kappa shape index (κ3) is 3.07. The highest BCUT2D eigenvalue weighted by Gasteiger charge is 2.12. The number of hydrogen-bond acceptors (Lipinski definition) is 4. The van der Waals surface area contributed by atoms with Crippen molar-refractivity contribution in [3.05, 3.63) is 62.8 Å². The first kappa shape index (κ1) is 13.0. The molecule has 0 saturated heterocycles. The molecule has 0 aliphatic heterocycles. The van der Waals surface area contributed by atoms with Crippen LogP contribution in [0.1, 0.15) is 22.4 Å². The van der Waals surface area contributed by atoms with Crippen molar-refractivity contribution >= 4 is 11.5 Å². The number of benzene rings is 1. The molecule has 0 atom stereocenters. The number of anilines is 1. The standard InChI is InChI=1S/C14H15N3O2/c1-9-5-10(2)7-11(6-9)8-12-3-4-13(17(18)19)14(15)16-12/h3-7H,8H2,1-2H3,(H2,15,16). The van der Waals surface area contributed by atoms with Gasteiger partial charge in [-0.25, -0.2) is 4.98 Å². The summed E-state index contributed by atoms with van der Waals surface area (Å²) in [5.41, 5.74) is 9.66. The Morgan fingerprint density at radius 1 is 1.21 bits per heavy atom. The molecule has 1 heterocycles. The van der Waals surface area contributed by atoms with Gasteiger partial charge in [-0.05, 0) is 25.5 Å². The highest BCUT2D eigenvalue weighted by molar-refractivity contribution is 5.52. The summed E-state index contributed by atoms with van der Waals surface area (Å²) >= 11 is 0. The lowest BCUT2D eigenvalue weighted by atomic mass is 10.0. The molecule has 0 saturated carbocycles. The number of nitro groups is 1. The van der Waals surface area contributed by atoms with E-state index in [4.69, 9.17) is 5.73 Å². The summed E-state index contributed by atoms with van der Waals surface area (Å²) in [6.07, 6.45) is 0.616. The Hall–Kier alpha value is -2.43. The summed E-state index contributed by atoms with van der Waals surface area (Å²) < 4.78 is 0. The fourth-order valence-electron chi connectivity index (χ4n) is 2.14. The van der Waals surface area contributed by atoms with E-state index >= 15 is 0 Å². The van der Waals surface area contributed by atoms with Crippen molar-refractivity contribution < 1.29 is 4.92 Å². The zero-order chi connectivity index (χ0) is 14.0. The van der Waals surface area contributed by atoms with Crippen LogP contribution in [0.5, 0.6) is 0 Å². The molecule has 1 aromatic carbocycles. The molecule has 0 aliphatic rings. The van der Waals surface area contributed by atoms with Gasteiger partial charge in [-0.15, -0.1) is 0 Å². The highest BCUT2D eigenvalue weighted by Crippen LogP contribution is 2.20. The van der Waals surface area contributed by atoms with Gasteiger partial charge in [0.15, 0.2) is 0 Å². The molecule has 0 spiro atoms. The number of hydrogen-bond donors (Lipinski definition) is 1. The third-order valence-corrected chi connectivity index (χ3v) is 2.82. The molecule has 2 rings (SSSR count). The van der Waals surface area contributed by atoms with Gasteiger partial charge in [0.2, 0.25) is 5.82 Å². The molecule has 5 heteroatoms. The predicted octanol–water partition coefficient (Wildman–Crippen LogP) is 2.78. The van der Waals surface area contributed by atoms with Crippen LogP contribution in [0.25, 0.3) is 0 Å². The van der Waals surface area contributed by atoms with E-state index < -0.39 is 4.92 Å². The van der Waals surface area contributed by atoms with E-state index in [1.807, 2.05) is 13.8 Å². The van der Waals surface area contributed by atoms with Crippen LogP contribution >= 0.6 is 0 Å². The summed E-state index contributed by atoms with van der Waals surface area (Å²) in [7, 11) is 0. The van der Waals surface area contributed by atoms with Crippen molar-refractivity contribution in [2.45, 2.75) is 20.3 Å². The van der Waals surface area contributed by atoms with Crippen molar-refractivity contribution in [3.8, 4) is 0 Å². The highest BCUT2D eigenvalue weighted by atomic mass is 16.6. The van der Waals surface area contributed by atoms with E-state index in [1.165, 1.54) is 17.2 Å². The van der Waals surface area contributed by atoms with Gasteiger partial charge in [0.1, 0.15) is 0 Å². The minimum absolute atomic E-state index is 0.0353. The average molecular weight is 257 g/mol. The van der Waals surface area contributed by atoms with E-state index in [0.29, 0.717) is 6.42 Å². The van der Waals surface area contributed by atoms with Crippen LogP contribution in [0, 0.1) is 24.0 Å². The largest absolute Gasteiger partial charge is 0.378 e. The zero-order valence-electron chi connectivity index (χ0n) is 10.9. The molecular weight excluding hydrogens is 242 g/mol. The normalized spacial score (nSPS) is 10.4. The Morgan fingerprint density at radius 3 is 2.37 bits per heavy atom. The fraction of sp³-hybridized carbons (Fsp3) is 0.214. The molecule has 98 valence electrons. The number of pyridine rings is 1. The second kappa shape index (κ2) is 5.06. The molecule has 2 N–H and O–H groups in total. The molecule has 0 radical (unpaired) electrons. The molecule has 0 unspecified atom stereocenters. The van der Waals surface area contributed by atoms with Gasteiger partial charge in [-0.3, -0.25) is 10.1 Å². The molecule has 5 nitrogen and oxygen atoms in total.